The van der Waals surface area contributed by atoms with Gasteiger partial charge in [0.05, 0.1) is 10.8 Å². The standard InChI is InChI=1S/C19H13Cl2N3O2S2/c1-10-8-11(20)6-7-13(10)22-15(25)9-27-19-24-23-18(26-19)17-16(21)12-4-2-3-5-14(12)28-17/h2-8H,9H2,1H3,(H,22,25). The van der Waals surface area contributed by atoms with Gasteiger partial charge in [0.1, 0.15) is 4.88 Å². The van der Waals surface area contributed by atoms with Crippen LogP contribution in [0.1, 0.15) is 5.56 Å². The second kappa shape index (κ2) is 8.13. The summed E-state index contributed by atoms with van der Waals surface area (Å²) in [7, 11) is 0. The molecule has 0 spiro atoms. The van der Waals surface area contributed by atoms with E-state index in [9.17, 15) is 4.79 Å². The first kappa shape index (κ1) is 19.3. The SMILES string of the molecule is Cc1cc(Cl)ccc1NC(=O)CSc1nnc(-c2sc3ccccc3c2Cl)o1. The maximum absolute atomic E-state index is 12.2. The van der Waals surface area contributed by atoms with Crippen molar-refractivity contribution in [1.29, 1.82) is 0 Å². The fourth-order valence-corrected chi connectivity index (χ4v) is 4.82. The molecule has 0 fully saturated rings. The number of rotatable bonds is 5. The quantitative estimate of drug-likeness (QED) is 0.362. The van der Waals surface area contributed by atoms with Gasteiger partial charge in [-0.15, -0.1) is 21.5 Å². The highest BCUT2D eigenvalue weighted by atomic mass is 35.5. The molecule has 0 aliphatic carbocycles. The summed E-state index contributed by atoms with van der Waals surface area (Å²) >= 11 is 15.0. The van der Waals surface area contributed by atoms with Crippen LogP contribution in [-0.4, -0.2) is 21.9 Å². The first-order valence-corrected chi connectivity index (χ1v) is 10.8. The maximum atomic E-state index is 12.2. The van der Waals surface area contributed by atoms with E-state index in [1.54, 1.807) is 18.2 Å². The summed E-state index contributed by atoms with van der Waals surface area (Å²) in [6.45, 7) is 1.88. The van der Waals surface area contributed by atoms with E-state index in [0.717, 1.165) is 26.2 Å². The zero-order chi connectivity index (χ0) is 19.7. The number of nitrogens with one attached hydrogen (secondary N) is 1. The third-order valence-electron chi connectivity index (χ3n) is 3.92. The highest BCUT2D eigenvalue weighted by Gasteiger charge is 2.18. The zero-order valence-corrected chi connectivity index (χ0v) is 17.7. The first-order valence-electron chi connectivity index (χ1n) is 8.21. The van der Waals surface area contributed by atoms with Crippen LogP contribution in [0.15, 0.2) is 52.1 Å². The molecule has 0 saturated heterocycles. The van der Waals surface area contributed by atoms with Crippen molar-refractivity contribution in [3.63, 3.8) is 0 Å². The van der Waals surface area contributed by atoms with Crippen LogP contribution in [0.25, 0.3) is 20.9 Å². The zero-order valence-electron chi connectivity index (χ0n) is 14.5. The highest BCUT2D eigenvalue weighted by molar-refractivity contribution is 7.99. The minimum absolute atomic E-state index is 0.143. The number of amides is 1. The number of benzene rings is 2. The Labute approximate surface area is 179 Å². The van der Waals surface area contributed by atoms with Gasteiger partial charge >= 0.3 is 0 Å². The summed E-state index contributed by atoms with van der Waals surface area (Å²) in [5, 5.41) is 13.4. The van der Waals surface area contributed by atoms with E-state index in [1.807, 2.05) is 31.2 Å². The molecule has 1 N–H and O–H groups in total. The average Bonchev–Trinajstić information content (AvgIpc) is 3.27. The third-order valence-corrected chi connectivity index (χ3v) is 6.64. The van der Waals surface area contributed by atoms with Gasteiger partial charge < -0.3 is 9.73 Å². The molecule has 0 radical (unpaired) electrons. The molecule has 2 aromatic heterocycles. The van der Waals surface area contributed by atoms with Crippen molar-refractivity contribution < 1.29 is 9.21 Å². The van der Waals surface area contributed by atoms with E-state index in [2.05, 4.69) is 15.5 Å². The average molecular weight is 450 g/mol. The largest absolute Gasteiger partial charge is 0.410 e. The molecule has 0 aliphatic heterocycles. The van der Waals surface area contributed by atoms with Crippen molar-refractivity contribution in [2.75, 3.05) is 11.1 Å². The van der Waals surface area contributed by atoms with Gasteiger partial charge in [0.2, 0.25) is 5.91 Å². The lowest BCUT2D eigenvalue weighted by atomic mass is 10.2. The summed E-state index contributed by atoms with van der Waals surface area (Å²) in [5.74, 6) is 0.321. The molecule has 0 bridgehead atoms. The smallest absolute Gasteiger partial charge is 0.277 e. The molecular weight excluding hydrogens is 437 g/mol. The van der Waals surface area contributed by atoms with Crippen LogP contribution in [0, 0.1) is 6.92 Å². The number of thiophene rings is 1. The number of carbonyl (C=O) groups excluding carboxylic acids is 1. The minimum Gasteiger partial charge on any atom is -0.410 e. The van der Waals surface area contributed by atoms with Crippen LogP contribution < -0.4 is 5.32 Å². The molecular formula is C19H13Cl2N3O2S2. The second-order valence-corrected chi connectivity index (χ2v) is 8.70. The summed E-state index contributed by atoms with van der Waals surface area (Å²) in [6.07, 6.45) is 0. The molecule has 2 aromatic carbocycles. The van der Waals surface area contributed by atoms with Gasteiger partial charge in [0, 0.05) is 20.8 Å². The van der Waals surface area contributed by atoms with E-state index in [0.29, 0.717) is 21.2 Å². The molecule has 0 aliphatic rings. The van der Waals surface area contributed by atoms with Crippen LogP contribution >= 0.6 is 46.3 Å². The number of aryl methyl sites for hydroxylation is 1. The summed E-state index contributed by atoms with van der Waals surface area (Å²) in [6, 6.07) is 13.1. The molecule has 2 heterocycles. The second-order valence-electron chi connectivity index (χ2n) is 5.91. The van der Waals surface area contributed by atoms with E-state index in [4.69, 9.17) is 27.6 Å². The fraction of sp³-hybridized carbons (Fsp3) is 0.105. The molecule has 0 atom stereocenters. The van der Waals surface area contributed by atoms with Gasteiger partial charge in [-0.2, -0.15) is 0 Å². The Morgan fingerprint density at radius 3 is 2.82 bits per heavy atom. The third kappa shape index (κ3) is 4.03. The van der Waals surface area contributed by atoms with Crippen molar-refractivity contribution in [3.05, 3.63) is 58.1 Å². The number of thioether (sulfide) groups is 1. The number of hydrogen-bond acceptors (Lipinski definition) is 6. The molecule has 4 rings (SSSR count). The lowest BCUT2D eigenvalue weighted by Gasteiger charge is -2.07. The number of halogens is 2. The summed E-state index contributed by atoms with van der Waals surface area (Å²) < 4.78 is 6.74. The maximum Gasteiger partial charge on any atom is 0.277 e. The molecule has 142 valence electrons. The van der Waals surface area contributed by atoms with Crippen LogP contribution in [0.4, 0.5) is 5.69 Å². The topological polar surface area (TPSA) is 68.0 Å². The van der Waals surface area contributed by atoms with Crippen molar-refractivity contribution in [1.82, 2.24) is 10.2 Å². The molecule has 0 saturated carbocycles. The number of anilines is 1. The predicted molar refractivity (Wildman–Crippen MR) is 116 cm³/mol. The first-order chi connectivity index (χ1) is 13.5. The van der Waals surface area contributed by atoms with E-state index in [-0.39, 0.29) is 11.7 Å². The lowest BCUT2D eigenvalue weighted by molar-refractivity contribution is -0.113. The predicted octanol–water partition coefficient (Wildman–Crippen LogP) is 6.30. The Kier molecular flexibility index (Phi) is 5.59. The fourth-order valence-electron chi connectivity index (χ4n) is 2.59. The van der Waals surface area contributed by atoms with Gasteiger partial charge in [-0.3, -0.25) is 4.79 Å². The highest BCUT2D eigenvalue weighted by Crippen LogP contribution is 2.41. The van der Waals surface area contributed by atoms with E-state index in [1.165, 1.54) is 23.1 Å². The molecule has 0 unspecified atom stereocenters. The summed E-state index contributed by atoms with van der Waals surface area (Å²) in [5.41, 5.74) is 1.61. The minimum atomic E-state index is -0.171. The van der Waals surface area contributed by atoms with Gasteiger partial charge in [0.15, 0.2) is 0 Å². The van der Waals surface area contributed by atoms with Crippen LogP contribution in [0.3, 0.4) is 0 Å². The van der Waals surface area contributed by atoms with E-state index >= 15 is 0 Å². The molecule has 9 heteroatoms. The monoisotopic (exact) mass is 449 g/mol. The van der Waals surface area contributed by atoms with Crippen molar-refractivity contribution in [3.8, 4) is 10.8 Å². The van der Waals surface area contributed by atoms with Gasteiger partial charge in [-0.25, -0.2) is 0 Å². The lowest BCUT2D eigenvalue weighted by Crippen LogP contribution is -2.14. The van der Waals surface area contributed by atoms with Gasteiger partial charge in [-0.05, 0) is 36.8 Å². The normalized spacial score (nSPS) is 11.1. The number of fused-ring (bicyclic) bond motifs is 1. The van der Waals surface area contributed by atoms with Crippen molar-refractivity contribution in [2.45, 2.75) is 12.1 Å². The Balaban J connectivity index is 1.43. The van der Waals surface area contributed by atoms with Crippen molar-refractivity contribution in [2.24, 2.45) is 0 Å². The Hall–Kier alpha value is -2.06. The Morgan fingerprint density at radius 2 is 2.04 bits per heavy atom. The van der Waals surface area contributed by atoms with Gasteiger partial charge in [0.25, 0.3) is 11.1 Å². The Bertz CT molecular complexity index is 1170. The van der Waals surface area contributed by atoms with Gasteiger partial charge in [-0.1, -0.05) is 53.2 Å². The molecule has 28 heavy (non-hydrogen) atoms. The molecule has 5 nitrogen and oxygen atoms in total. The Morgan fingerprint density at radius 1 is 1.21 bits per heavy atom. The van der Waals surface area contributed by atoms with Crippen LogP contribution in [0.2, 0.25) is 10.0 Å². The number of aromatic nitrogens is 2. The van der Waals surface area contributed by atoms with Crippen molar-refractivity contribution >= 4 is 68.0 Å². The number of carbonyl (C=O) groups is 1. The number of hydrogen-bond donors (Lipinski definition) is 1. The van der Waals surface area contributed by atoms with Crippen LogP contribution in [0.5, 0.6) is 0 Å². The summed E-state index contributed by atoms with van der Waals surface area (Å²) in [4.78, 5) is 12.9. The number of nitrogens with zero attached hydrogens (tertiary/aromatic N) is 2. The van der Waals surface area contributed by atoms with Crippen LogP contribution in [-0.2, 0) is 4.79 Å². The molecule has 4 aromatic rings. The van der Waals surface area contributed by atoms with E-state index < -0.39 is 0 Å². The molecule has 1 amide bonds.